The summed E-state index contributed by atoms with van der Waals surface area (Å²) in [4.78, 5) is 12.2. The highest BCUT2D eigenvalue weighted by atomic mass is 16.6. The quantitative estimate of drug-likeness (QED) is 0.0383. The average molecular weight is 745 g/mol. The second-order valence-corrected chi connectivity index (χ2v) is 15.8. The van der Waals surface area contributed by atoms with Crippen LogP contribution in [0, 0.1) is 0 Å². The summed E-state index contributed by atoms with van der Waals surface area (Å²) < 4.78 is 11.2. The summed E-state index contributed by atoms with van der Waals surface area (Å²) in [5.41, 5.74) is 0. The Labute approximate surface area is 331 Å². The number of allylic oxidation sites excluding steroid dienone is 6. The smallest absolute Gasteiger partial charge is 0.306 e. The molecule has 0 amide bonds. The molecular formula is C49H92O4. The van der Waals surface area contributed by atoms with Gasteiger partial charge in [0.1, 0.15) is 6.10 Å². The fourth-order valence-electron chi connectivity index (χ4n) is 6.88. The van der Waals surface area contributed by atoms with Crippen LogP contribution in [0.3, 0.4) is 0 Å². The van der Waals surface area contributed by atoms with Gasteiger partial charge in [0.15, 0.2) is 0 Å². The SMILES string of the molecule is CCCCCCC/C=C\C/C=C\CCCCCCCCCCCCCCCCOCC(CO)OC(=O)CCCCCCC/C=C\CCCCCCCC. The molecule has 0 spiro atoms. The van der Waals surface area contributed by atoms with E-state index < -0.39 is 6.10 Å². The molecule has 0 heterocycles. The standard InChI is InChI=1S/C49H92O4/c1-3-5-7-9-11-13-15-17-19-20-21-22-23-24-25-26-27-28-29-31-33-35-37-39-41-43-45-52-47-48(46-50)53-49(51)44-42-40-38-36-34-32-30-18-16-14-12-10-8-6-4-2/h15,17-18,20-21,30,48,50H,3-14,16,19,22-29,31-47H2,1-2H3/b17-15-,21-20-,30-18-. The Bertz CT molecular complexity index is 787. The van der Waals surface area contributed by atoms with Gasteiger partial charge >= 0.3 is 5.97 Å². The summed E-state index contributed by atoms with van der Waals surface area (Å²) in [6.07, 6.45) is 59.4. The number of unbranched alkanes of at least 4 members (excludes halogenated alkanes) is 30. The molecule has 4 nitrogen and oxygen atoms in total. The first-order chi connectivity index (χ1) is 26.2. The third kappa shape index (κ3) is 44.9. The predicted octanol–water partition coefficient (Wildman–Crippen LogP) is 15.7. The molecule has 0 rings (SSSR count). The third-order valence-electron chi connectivity index (χ3n) is 10.4. The molecule has 0 aliphatic heterocycles. The van der Waals surface area contributed by atoms with E-state index in [-0.39, 0.29) is 12.6 Å². The molecule has 53 heavy (non-hydrogen) atoms. The minimum Gasteiger partial charge on any atom is -0.457 e. The fraction of sp³-hybridized carbons (Fsp3) is 0.857. The highest BCUT2D eigenvalue weighted by Gasteiger charge is 2.13. The summed E-state index contributed by atoms with van der Waals surface area (Å²) in [6.45, 7) is 5.35. The van der Waals surface area contributed by atoms with Crippen molar-refractivity contribution in [2.24, 2.45) is 0 Å². The van der Waals surface area contributed by atoms with Crippen LogP contribution in [0.1, 0.15) is 245 Å². The third-order valence-corrected chi connectivity index (χ3v) is 10.4. The van der Waals surface area contributed by atoms with Gasteiger partial charge < -0.3 is 14.6 Å². The van der Waals surface area contributed by atoms with Crippen molar-refractivity contribution in [2.75, 3.05) is 19.8 Å². The van der Waals surface area contributed by atoms with E-state index in [1.165, 1.54) is 199 Å². The van der Waals surface area contributed by atoms with Gasteiger partial charge in [0.05, 0.1) is 13.2 Å². The van der Waals surface area contributed by atoms with E-state index in [1.54, 1.807) is 0 Å². The van der Waals surface area contributed by atoms with Crippen LogP contribution in [0.5, 0.6) is 0 Å². The zero-order chi connectivity index (χ0) is 38.4. The molecule has 0 saturated heterocycles. The minimum absolute atomic E-state index is 0.173. The number of carbonyl (C=O) groups excluding carboxylic acids is 1. The topological polar surface area (TPSA) is 55.8 Å². The molecule has 0 fully saturated rings. The van der Waals surface area contributed by atoms with Gasteiger partial charge in [0.25, 0.3) is 0 Å². The number of carbonyl (C=O) groups is 1. The zero-order valence-electron chi connectivity index (χ0n) is 35.8. The lowest BCUT2D eigenvalue weighted by atomic mass is 10.0. The number of hydrogen-bond acceptors (Lipinski definition) is 4. The Morgan fingerprint density at radius 3 is 1.19 bits per heavy atom. The first kappa shape index (κ1) is 51.6. The van der Waals surface area contributed by atoms with Crippen LogP contribution in [0.2, 0.25) is 0 Å². The van der Waals surface area contributed by atoms with Crippen molar-refractivity contribution in [3.63, 3.8) is 0 Å². The van der Waals surface area contributed by atoms with Gasteiger partial charge in [-0.25, -0.2) is 0 Å². The van der Waals surface area contributed by atoms with E-state index >= 15 is 0 Å². The largest absolute Gasteiger partial charge is 0.457 e. The van der Waals surface area contributed by atoms with E-state index in [0.29, 0.717) is 19.6 Å². The predicted molar refractivity (Wildman–Crippen MR) is 233 cm³/mol. The summed E-state index contributed by atoms with van der Waals surface area (Å²) in [7, 11) is 0. The van der Waals surface area contributed by atoms with Gasteiger partial charge in [0, 0.05) is 13.0 Å². The van der Waals surface area contributed by atoms with Gasteiger partial charge in [-0.3, -0.25) is 4.79 Å². The molecule has 1 unspecified atom stereocenters. The highest BCUT2D eigenvalue weighted by molar-refractivity contribution is 5.69. The molecule has 0 aromatic carbocycles. The summed E-state index contributed by atoms with van der Waals surface area (Å²) >= 11 is 0. The van der Waals surface area contributed by atoms with E-state index in [9.17, 15) is 9.90 Å². The molecule has 0 aromatic rings. The van der Waals surface area contributed by atoms with Crippen LogP contribution < -0.4 is 0 Å². The van der Waals surface area contributed by atoms with Crippen LogP contribution in [0.4, 0.5) is 0 Å². The van der Waals surface area contributed by atoms with Crippen molar-refractivity contribution in [1.29, 1.82) is 0 Å². The Kier molecular flexibility index (Phi) is 45.5. The van der Waals surface area contributed by atoms with Crippen LogP contribution in [0.25, 0.3) is 0 Å². The van der Waals surface area contributed by atoms with Crippen LogP contribution in [-0.2, 0) is 14.3 Å². The number of hydrogen-bond donors (Lipinski definition) is 1. The van der Waals surface area contributed by atoms with Crippen molar-refractivity contribution < 1.29 is 19.4 Å². The lowest BCUT2D eigenvalue weighted by molar-refractivity contribution is -0.154. The monoisotopic (exact) mass is 745 g/mol. The number of rotatable bonds is 44. The fourth-order valence-corrected chi connectivity index (χ4v) is 6.88. The highest BCUT2D eigenvalue weighted by Crippen LogP contribution is 2.15. The molecular weight excluding hydrogens is 653 g/mol. The molecule has 0 radical (unpaired) electrons. The molecule has 1 atom stereocenters. The number of ether oxygens (including phenoxy) is 2. The van der Waals surface area contributed by atoms with Gasteiger partial charge in [0.2, 0.25) is 0 Å². The number of aliphatic hydroxyl groups excluding tert-OH is 1. The molecule has 0 aromatic heterocycles. The lowest BCUT2D eigenvalue weighted by Gasteiger charge is -2.15. The van der Waals surface area contributed by atoms with Gasteiger partial charge in [-0.15, -0.1) is 0 Å². The van der Waals surface area contributed by atoms with Crippen LogP contribution in [-0.4, -0.2) is 37.0 Å². The van der Waals surface area contributed by atoms with Gasteiger partial charge in [-0.1, -0.05) is 204 Å². The van der Waals surface area contributed by atoms with Gasteiger partial charge in [-0.05, 0) is 70.6 Å². The Balaban J connectivity index is 3.38. The Morgan fingerprint density at radius 2 is 0.792 bits per heavy atom. The maximum absolute atomic E-state index is 12.2. The first-order valence-corrected chi connectivity index (χ1v) is 23.6. The summed E-state index contributed by atoms with van der Waals surface area (Å²) in [6, 6.07) is 0. The van der Waals surface area contributed by atoms with E-state index in [4.69, 9.17) is 9.47 Å². The molecule has 0 bridgehead atoms. The maximum Gasteiger partial charge on any atom is 0.306 e. The van der Waals surface area contributed by atoms with E-state index in [0.717, 1.165) is 25.7 Å². The second-order valence-electron chi connectivity index (χ2n) is 15.8. The molecule has 0 saturated carbocycles. The van der Waals surface area contributed by atoms with Gasteiger partial charge in [-0.2, -0.15) is 0 Å². The zero-order valence-corrected chi connectivity index (χ0v) is 35.8. The molecule has 1 N–H and O–H groups in total. The van der Waals surface area contributed by atoms with E-state index in [2.05, 4.69) is 50.3 Å². The summed E-state index contributed by atoms with van der Waals surface area (Å²) in [5.74, 6) is -0.207. The number of aliphatic hydroxyl groups is 1. The molecule has 4 heteroatoms. The molecule has 0 aliphatic rings. The molecule has 312 valence electrons. The average Bonchev–Trinajstić information content (AvgIpc) is 3.16. The molecule has 0 aliphatic carbocycles. The summed E-state index contributed by atoms with van der Waals surface area (Å²) in [5, 5.41) is 9.61. The first-order valence-electron chi connectivity index (χ1n) is 23.6. The van der Waals surface area contributed by atoms with Crippen LogP contribution in [0.15, 0.2) is 36.5 Å². The maximum atomic E-state index is 12.2. The Morgan fingerprint density at radius 1 is 0.453 bits per heavy atom. The second kappa shape index (κ2) is 46.8. The van der Waals surface area contributed by atoms with E-state index in [1.807, 2.05) is 0 Å². The Hall–Kier alpha value is -1.39. The van der Waals surface area contributed by atoms with Crippen molar-refractivity contribution >= 4 is 5.97 Å². The number of esters is 1. The minimum atomic E-state index is -0.537. The van der Waals surface area contributed by atoms with Crippen molar-refractivity contribution in [2.45, 2.75) is 251 Å². The van der Waals surface area contributed by atoms with Crippen molar-refractivity contribution in [3.8, 4) is 0 Å². The van der Waals surface area contributed by atoms with Crippen molar-refractivity contribution in [3.05, 3.63) is 36.5 Å². The van der Waals surface area contributed by atoms with Crippen LogP contribution >= 0.6 is 0 Å². The van der Waals surface area contributed by atoms with Crippen molar-refractivity contribution in [1.82, 2.24) is 0 Å². The normalized spacial score (nSPS) is 12.6. The lowest BCUT2D eigenvalue weighted by Crippen LogP contribution is -2.27.